The van der Waals surface area contributed by atoms with E-state index in [0.717, 1.165) is 17.8 Å². The number of carbonyl (C=O) groups excluding carboxylic acids is 6. The van der Waals surface area contributed by atoms with Crippen LogP contribution in [0.2, 0.25) is 0 Å². The summed E-state index contributed by atoms with van der Waals surface area (Å²) in [4.78, 5) is 103. The Balaban J connectivity index is 1.86. The van der Waals surface area contributed by atoms with Gasteiger partial charge in [0.2, 0.25) is 35.4 Å². The summed E-state index contributed by atoms with van der Waals surface area (Å²) < 4.78 is 0. The Morgan fingerprint density at radius 2 is 1.52 bits per heavy atom. The first-order chi connectivity index (χ1) is 26.5. The number of carboxylic acid groups (broad SMARTS) is 1. The largest absolute Gasteiger partial charge is 0.480 e. The van der Waals surface area contributed by atoms with E-state index in [0.29, 0.717) is 11.3 Å². The van der Waals surface area contributed by atoms with E-state index in [4.69, 9.17) is 22.9 Å². The van der Waals surface area contributed by atoms with Crippen LogP contribution in [-0.2, 0) is 46.4 Å². The van der Waals surface area contributed by atoms with E-state index in [1.807, 2.05) is 18.2 Å². The molecule has 0 aliphatic carbocycles. The average Bonchev–Trinajstić information content (AvgIpc) is 3.82. The van der Waals surface area contributed by atoms with Gasteiger partial charge in [0.1, 0.15) is 18.1 Å². The summed E-state index contributed by atoms with van der Waals surface area (Å²) in [5.74, 6) is -6.51. The number of aromatic amines is 2. The topological polar surface area (TPSA) is 381 Å². The normalized spacial score (nSPS) is 14.2. The van der Waals surface area contributed by atoms with Gasteiger partial charge in [0.25, 0.3) is 0 Å². The van der Waals surface area contributed by atoms with Crippen LogP contribution < -0.4 is 49.5 Å². The Kier molecular flexibility index (Phi) is 16.7. The Morgan fingerprint density at radius 1 is 0.857 bits per heavy atom. The minimum absolute atomic E-state index is 0.0434. The number of para-hydroxylation sites is 1. The molecule has 0 saturated carbocycles. The van der Waals surface area contributed by atoms with E-state index >= 15 is 0 Å². The van der Waals surface area contributed by atoms with Crippen molar-refractivity contribution in [2.24, 2.45) is 27.9 Å². The van der Waals surface area contributed by atoms with Gasteiger partial charge in [-0.2, -0.15) is 0 Å². The van der Waals surface area contributed by atoms with Crippen molar-refractivity contribution in [3.63, 3.8) is 0 Å². The van der Waals surface area contributed by atoms with Gasteiger partial charge in [0.05, 0.1) is 25.0 Å². The molecule has 0 aliphatic rings. The standard InChI is InChI=1S/C34H49N13O9/c1-17(48)28(33(55)56)47-27(50)15-42-30(52)23(7-4-10-40-34(37)38)44-32(54)25(12-19-14-39-16-43-19)46-31(53)24(45-29(51)21(35)8-9-26(36)49)11-18-13-41-22-6-3-2-5-20(18)22/h2-3,5-6,13-14,16-17,21,23-25,28,41,48H,4,7-12,15,35H2,1H3,(H2,36,49)(H,39,43)(H,42,52)(H,44,54)(H,45,51)(H,46,53)(H,47,50)(H,55,56)(H4,37,38,40)/t17-,21+,23+,24+,25+,28+/m1/s1. The molecule has 22 heteroatoms. The number of aliphatic carboxylic acids is 1. The summed E-state index contributed by atoms with van der Waals surface area (Å²) in [6.07, 6.45) is 2.71. The van der Waals surface area contributed by atoms with Crippen LogP contribution in [0.15, 0.2) is 48.0 Å². The third kappa shape index (κ3) is 14.0. The first kappa shape index (κ1) is 43.9. The summed E-state index contributed by atoms with van der Waals surface area (Å²) in [6, 6.07) is 0.475. The highest BCUT2D eigenvalue weighted by Gasteiger charge is 2.32. The molecule has 56 heavy (non-hydrogen) atoms. The summed E-state index contributed by atoms with van der Waals surface area (Å²) in [5.41, 5.74) is 23.9. The zero-order valence-electron chi connectivity index (χ0n) is 30.6. The van der Waals surface area contributed by atoms with Gasteiger partial charge < -0.3 is 69.7 Å². The molecule has 2 heterocycles. The lowest BCUT2D eigenvalue weighted by Crippen LogP contribution is -2.59. The minimum Gasteiger partial charge on any atom is -0.480 e. The van der Waals surface area contributed by atoms with Crippen molar-refractivity contribution in [2.45, 2.75) is 81.8 Å². The summed E-state index contributed by atoms with van der Waals surface area (Å²) in [6.45, 7) is 0.529. The number of guanidine groups is 1. The summed E-state index contributed by atoms with van der Waals surface area (Å²) in [5, 5.41) is 32.0. The maximum absolute atomic E-state index is 14.1. The number of carbonyl (C=O) groups is 7. The maximum atomic E-state index is 14.1. The van der Waals surface area contributed by atoms with Crippen molar-refractivity contribution in [2.75, 3.05) is 13.1 Å². The van der Waals surface area contributed by atoms with Crippen molar-refractivity contribution >= 4 is 58.3 Å². The van der Waals surface area contributed by atoms with Gasteiger partial charge in [-0.25, -0.2) is 9.78 Å². The second-order valence-corrected chi connectivity index (χ2v) is 12.9. The number of benzene rings is 1. The number of nitrogens with one attached hydrogen (secondary N) is 7. The Labute approximate surface area is 320 Å². The third-order valence-corrected chi connectivity index (χ3v) is 8.45. The molecule has 22 nitrogen and oxygen atoms in total. The number of H-pyrrole nitrogens is 2. The third-order valence-electron chi connectivity index (χ3n) is 8.45. The zero-order chi connectivity index (χ0) is 41.4. The number of imidazole rings is 1. The van der Waals surface area contributed by atoms with E-state index < -0.39 is 84.3 Å². The SMILES string of the molecule is C[C@@H](O)[C@H](NC(=O)CNC(=O)[C@H](CCCN=C(N)N)NC(=O)[C@H](Cc1cnc[nH]1)NC(=O)[C@H](Cc1c[nH]c2ccccc12)NC(=O)[C@@H](N)CCC(N)=O)C(=O)O. The molecule has 2 aromatic heterocycles. The van der Waals surface area contributed by atoms with Crippen LogP contribution in [0.1, 0.15) is 43.9 Å². The van der Waals surface area contributed by atoms with Crippen molar-refractivity contribution < 1.29 is 43.8 Å². The lowest BCUT2D eigenvalue weighted by Gasteiger charge is -2.26. The van der Waals surface area contributed by atoms with Crippen molar-refractivity contribution in [1.29, 1.82) is 0 Å². The summed E-state index contributed by atoms with van der Waals surface area (Å²) >= 11 is 0. The second kappa shape index (κ2) is 21.4. The first-order valence-electron chi connectivity index (χ1n) is 17.6. The second-order valence-electron chi connectivity index (χ2n) is 12.9. The van der Waals surface area contributed by atoms with E-state index in [9.17, 15) is 43.8 Å². The molecule has 6 amide bonds. The molecule has 3 rings (SSSR count). The molecule has 0 unspecified atom stereocenters. The monoisotopic (exact) mass is 783 g/mol. The number of amides is 6. The predicted octanol–water partition coefficient (Wildman–Crippen LogP) is -4.16. The molecule has 304 valence electrons. The lowest BCUT2D eigenvalue weighted by molar-refractivity contribution is -0.144. The predicted molar refractivity (Wildman–Crippen MR) is 201 cm³/mol. The molecular weight excluding hydrogens is 734 g/mol. The van der Waals surface area contributed by atoms with Crippen LogP contribution in [0, 0.1) is 0 Å². The van der Waals surface area contributed by atoms with Gasteiger partial charge in [-0.1, -0.05) is 18.2 Å². The van der Waals surface area contributed by atoms with Gasteiger partial charge in [0, 0.05) is 54.8 Å². The number of hydrogen-bond donors (Lipinski definition) is 13. The van der Waals surface area contributed by atoms with Gasteiger partial charge in [-0.3, -0.25) is 33.8 Å². The lowest BCUT2D eigenvalue weighted by atomic mass is 10.0. The number of nitrogens with two attached hydrogens (primary N) is 4. The Morgan fingerprint density at radius 3 is 2.14 bits per heavy atom. The minimum atomic E-state index is -1.64. The fourth-order valence-electron chi connectivity index (χ4n) is 5.48. The van der Waals surface area contributed by atoms with Crippen molar-refractivity contribution in [1.82, 2.24) is 41.5 Å². The van der Waals surface area contributed by atoms with Crippen LogP contribution in [0.25, 0.3) is 10.9 Å². The van der Waals surface area contributed by atoms with Crippen LogP contribution in [0.4, 0.5) is 0 Å². The number of nitrogens with zero attached hydrogens (tertiary/aromatic N) is 2. The van der Waals surface area contributed by atoms with Crippen LogP contribution in [0.3, 0.4) is 0 Å². The number of hydrogen-bond acceptors (Lipinski definition) is 11. The number of aliphatic hydroxyl groups is 1. The molecule has 0 fully saturated rings. The van der Waals surface area contributed by atoms with Crippen LogP contribution >= 0.6 is 0 Å². The highest BCUT2D eigenvalue weighted by atomic mass is 16.4. The number of aliphatic imine (C=N–C) groups is 1. The van der Waals surface area contributed by atoms with Gasteiger partial charge in [-0.05, 0) is 37.8 Å². The molecular formula is C34H49N13O9. The molecule has 0 spiro atoms. The molecule has 0 radical (unpaired) electrons. The molecule has 0 saturated heterocycles. The van der Waals surface area contributed by atoms with Crippen molar-refractivity contribution in [3.05, 3.63) is 54.2 Å². The van der Waals surface area contributed by atoms with E-state index in [-0.39, 0.29) is 51.0 Å². The van der Waals surface area contributed by atoms with E-state index in [1.54, 1.807) is 12.3 Å². The number of fused-ring (bicyclic) bond motifs is 1. The number of rotatable bonds is 23. The number of primary amides is 1. The zero-order valence-corrected chi connectivity index (χ0v) is 30.6. The van der Waals surface area contributed by atoms with Gasteiger partial charge in [-0.15, -0.1) is 0 Å². The van der Waals surface area contributed by atoms with E-state index in [2.05, 4.69) is 46.5 Å². The highest BCUT2D eigenvalue weighted by molar-refractivity contribution is 5.96. The first-order valence-corrected chi connectivity index (χ1v) is 17.6. The van der Waals surface area contributed by atoms with Crippen LogP contribution in [-0.4, -0.2) is 122 Å². The smallest absolute Gasteiger partial charge is 0.328 e. The molecule has 17 N–H and O–H groups in total. The molecule has 1 aromatic carbocycles. The quantitative estimate of drug-likeness (QED) is 0.0247. The Bertz CT molecular complexity index is 1860. The molecule has 6 atom stereocenters. The number of carboxylic acids is 1. The Hall–Kier alpha value is -6.55. The highest BCUT2D eigenvalue weighted by Crippen LogP contribution is 2.19. The average molecular weight is 784 g/mol. The van der Waals surface area contributed by atoms with Crippen molar-refractivity contribution in [3.8, 4) is 0 Å². The van der Waals surface area contributed by atoms with Gasteiger partial charge in [0.15, 0.2) is 12.0 Å². The maximum Gasteiger partial charge on any atom is 0.328 e. The number of aliphatic hydroxyl groups excluding tert-OH is 1. The molecule has 3 aromatic rings. The summed E-state index contributed by atoms with van der Waals surface area (Å²) in [7, 11) is 0. The fourth-order valence-corrected chi connectivity index (χ4v) is 5.48. The molecule has 0 aliphatic heterocycles. The van der Waals surface area contributed by atoms with Gasteiger partial charge >= 0.3 is 5.97 Å². The van der Waals surface area contributed by atoms with E-state index in [1.165, 1.54) is 12.5 Å². The van der Waals surface area contributed by atoms with Crippen LogP contribution in [0.5, 0.6) is 0 Å². The molecule has 0 bridgehead atoms. The fraction of sp³-hybridized carbons (Fsp3) is 0.441. The number of aromatic nitrogens is 3.